The highest BCUT2D eigenvalue weighted by Crippen LogP contribution is 1.94. The summed E-state index contributed by atoms with van der Waals surface area (Å²) in [7, 11) is 0. The number of carbonyl (C=O) groups excluding carboxylic acids is 1. The fourth-order valence-corrected chi connectivity index (χ4v) is 0.722. The molecule has 0 radical (unpaired) electrons. The fraction of sp³-hybridized carbons (Fsp3) is 0.667. The van der Waals surface area contributed by atoms with Crippen molar-refractivity contribution in [3.63, 3.8) is 0 Å². The molecule has 12 heavy (non-hydrogen) atoms. The Labute approximate surface area is 73.0 Å². The van der Waals surface area contributed by atoms with Crippen molar-refractivity contribution in [1.29, 1.82) is 0 Å². The van der Waals surface area contributed by atoms with Crippen LogP contribution in [0.1, 0.15) is 26.2 Å². The van der Waals surface area contributed by atoms with E-state index in [0.29, 0.717) is 6.61 Å². The van der Waals surface area contributed by atoms with Crippen LogP contribution in [0.2, 0.25) is 0 Å². The molecule has 0 heterocycles. The van der Waals surface area contributed by atoms with E-state index in [2.05, 4.69) is 6.92 Å². The number of rotatable bonds is 6. The third-order valence-electron chi connectivity index (χ3n) is 1.35. The van der Waals surface area contributed by atoms with Gasteiger partial charge in [-0.05, 0) is 6.42 Å². The molecular weight excluding hydrogens is 156 g/mol. The van der Waals surface area contributed by atoms with Crippen LogP contribution < -0.4 is 0 Å². The molecule has 0 amide bonds. The van der Waals surface area contributed by atoms with Gasteiger partial charge in [-0.15, -0.1) is 0 Å². The lowest BCUT2D eigenvalue weighted by Crippen LogP contribution is -2.02. The van der Waals surface area contributed by atoms with Gasteiger partial charge in [0.15, 0.2) is 0 Å². The Hall–Kier alpha value is -0.830. The highest BCUT2D eigenvalue weighted by atomic mass is 16.5. The Kier molecular flexibility index (Phi) is 7.70. The van der Waals surface area contributed by atoms with Crippen molar-refractivity contribution in [2.75, 3.05) is 13.2 Å². The van der Waals surface area contributed by atoms with Gasteiger partial charge in [-0.2, -0.15) is 0 Å². The smallest absolute Gasteiger partial charge is 0.330 e. The first-order valence-electron chi connectivity index (χ1n) is 4.25. The lowest BCUT2D eigenvalue weighted by atomic mass is 10.3. The molecule has 0 unspecified atom stereocenters. The summed E-state index contributed by atoms with van der Waals surface area (Å²) in [5.74, 6) is -0.375. The zero-order valence-corrected chi connectivity index (χ0v) is 7.45. The monoisotopic (exact) mass is 172 g/mol. The third kappa shape index (κ3) is 7.28. The molecular formula is C9H16O3. The van der Waals surface area contributed by atoms with Crippen LogP contribution in [0.25, 0.3) is 0 Å². The number of hydrogen-bond donors (Lipinski definition) is 1. The van der Waals surface area contributed by atoms with Gasteiger partial charge in [-0.25, -0.2) is 4.79 Å². The molecule has 0 saturated heterocycles. The molecule has 0 fully saturated rings. The van der Waals surface area contributed by atoms with Crippen molar-refractivity contribution < 1.29 is 14.6 Å². The molecule has 0 aromatic carbocycles. The van der Waals surface area contributed by atoms with E-state index in [-0.39, 0.29) is 12.6 Å². The van der Waals surface area contributed by atoms with Gasteiger partial charge < -0.3 is 9.84 Å². The number of carbonyl (C=O) groups is 1. The summed E-state index contributed by atoms with van der Waals surface area (Å²) in [6.07, 6.45) is 5.71. The van der Waals surface area contributed by atoms with Crippen molar-refractivity contribution in [2.45, 2.75) is 26.2 Å². The van der Waals surface area contributed by atoms with Gasteiger partial charge in [0.2, 0.25) is 0 Å². The first kappa shape index (κ1) is 11.2. The second kappa shape index (κ2) is 8.27. The quantitative estimate of drug-likeness (QED) is 0.373. The predicted molar refractivity (Wildman–Crippen MR) is 46.7 cm³/mol. The van der Waals surface area contributed by atoms with Gasteiger partial charge in [-0.3, -0.25) is 0 Å². The maximum Gasteiger partial charge on any atom is 0.330 e. The van der Waals surface area contributed by atoms with Crippen LogP contribution in [0.3, 0.4) is 0 Å². The standard InChI is InChI=1S/C9H16O3/c1-2-3-4-8-12-9(11)6-5-7-10/h5-6,10H,2-4,7-8H2,1H3/b6-5+. The summed E-state index contributed by atoms with van der Waals surface area (Å²) >= 11 is 0. The van der Waals surface area contributed by atoms with Gasteiger partial charge in [0, 0.05) is 6.08 Å². The van der Waals surface area contributed by atoms with E-state index in [1.807, 2.05) is 0 Å². The summed E-state index contributed by atoms with van der Waals surface area (Å²) in [4.78, 5) is 10.7. The zero-order valence-electron chi connectivity index (χ0n) is 7.45. The summed E-state index contributed by atoms with van der Waals surface area (Å²) in [6.45, 7) is 2.44. The number of hydrogen-bond acceptors (Lipinski definition) is 3. The second-order valence-corrected chi connectivity index (χ2v) is 2.46. The minimum absolute atomic E-state index is 0.121. The van der Waals surface area contributed by atoms with Gasteiger partial charge in [0.1, 0.15) is 0 Å². The van der Waals surface area contributed by atoms with Crippen LogP contribution in [-0.2, 0) is 9.53 Å². The molecule has 0 rings (SSSR count). The fourth-order valence-electron chi connectivity index (χ4n) is 0.722. The van der Waals surface area contributed by atoms with Crippen LogP contribution in [0.15, 0.2) is 12.2 Å². The Bertz CT molecular complexity index is 141. The van der Waals surface area contributed by atoms with Crippen LogP contribution >= 0.6 is 0 Å². The minimum atomic E-state index is -0.375. The number of aliphatic hydroxyl groups is 1. The first-order valence-corrected chi connectivity index (χ1v) is 4.25. The molecule has 0 aliphatic carbocycles. The summed E-state index contributed by atoms with van der Waals surface area (Å²) in [6, 6.07) is 0. The largest absolute Gasteiger partial charge is 0.463 e. The predicted octanol–water partition coefficient (Wildman–Crippen LogP) is 1.27. The van der Waals surface area contributed by atoms with Crippen LogP contribution in [0.4, 0.5) is 0 Å². The molecule has 0 aromatic rings. The Morgan fingerprint density at radius 2 is 2.25 bits per heavy atom. The van der Waals surface area contributed by atoms with Crippen LogP contribution in [0, 0.1) is 0 Å². The molecule has 0 aliphatic rings. The van der Waals surface area contributed by atoms with Crippen molar-refractivity contribution in [3.05, 3.63) is 12.2 Å². The zero-order chi connectivity index (χ0) is 9.23. The SMILES string of the molecule is CCCCCOC(=O)/C=C/CO. The molecule has 0 aliphatic heterocycles. The van der Waals surface area contributed by atoms with E-state index in [1.54, 1.807) is 0 Å². The molecule has 0 atom stereocenters. The summed E-state index contributed by atoms with van der Waals surface area (Å²) < 4.78 is 4.81. The van der Waals surface area contributed by atoms with Crippen molar-refractivity contribution in [1.82, 2.24) is 0 Å². The second-order valence-electron chi connectivity index (χ2n) is 2.46. The Morgan fingerprint density at radius 3 is 2.83 bits per heavy atom. The van der Waals surface area contributed by atoms with Crippen LogP contribution in [0.5, 0.6) is 0 Å². The number of esters is 1. The van der Waals surface area contributed by atoms with E-state index in [4.69, 9.17) is 9.84 Å². The molecule has 3 nitrogen and oxygen atoms in total. The van der Waals surface area contributed by atoms with Crippen molar-refractivity contribution in [3.8, 4) is 0 Å². The van der Waals surface area contributed by atoms with E-state index >= 15 is 0 Å². The van der Waals surface area contributed by atoms with Gasteiger partial charge in [0.05, 0.1) is 13.2 Å². The first-order chi connectivity index (χ1) is 5.81. The molecule has 3 heteroatoms. The number of aliphatic hydroxyl groups excluding tert-OH is 1. The average Bonchev–Trinajstić information content (AvgIpc) is 2.09. The van der Waals surface area contributed by atoms with Crippen molar-refractivity contribution in [2.24, 2.45) is 0 Å². The minimum Gasteiger partial charge on any atom is -0.463 e. The Balaban J connectivity index is 3.25. The maximum absolute atomic E-state index is 10.7. The lowest BCUT2D eigenvalue weighted by Gasteiger charge is -1.99. The summed E-state index contributed by atoms with van der Waals surface area (Å²) in [5.41, 5.74) is 0. The highest BCUT2D eigenvalue weighted by Gasteiger charge is 1.94. The molecule has 70 valence electrons. The number of ether oxygens (including phenoxy) is 1. The van der Waals surface area contributed by atoms with E-state index in [9.17, 15) is 4.79 Å². The molecule has 0 aromatic heterocycles. The lowest BCUT2D eigenvalue weighted by molar-refractivity contribution is -0.137. The molecule has 0 bridgehead atoms. The van der Waals surface area contributed by atoms with E-state index in [0.717, 1.165) is 19.3 Å². The van der Waals surface area contributed by atoms with E-state index < -0.39 is 0 Å². The molecule has 0 spiro atoms. The van der Waals surface area contributed by atoms with Crippen molar-refractivity contribution >= 4 is 5.97 Å². The maximum atomic E-state index is 10.7. The topological polar surface area (TPSA) is 46.5 Å². The normalized spacial score (nSPS) is 10.5. The third-order valence-corrected chi connectivity index (χ3v) is 1.35. The molecule has 1 N–H and O–H groups in total. The van der Waals surface area contributed by atoms with Gasteiger partial charge in [-0.1, -0.05) is 25.8 Å². The highest BCUT2D eigenvalue weighted by molar-refractivity contribution is 5.81. The van der Waals surface area contributed by atoms with E-state index in [1.165, 1.54) is 12.2 Å². The summed E-state index contributed by atoms with van der Waals surface area (Å²) in [5, 5.41) is 8.33. The molecule has 0 saturated carbocycles. The number of unbranched alkanes of at least 4 members (excludes halogenated alkanes) is 2. The van der Waals surface area contributed by atoms with Gasteiger partial charge in [0.25, 0.3) is 0 Å². The Morgan fingerprint density at radius 1 is 1.50 bits per heavy atom. The average molecular weight is 172 g/mol. The van der Waals surface area contributed by atoms with Crippen LogP contribution in [-0.4, -0.2) is 24.3 Å². The van der Waals surface area contributed by atoms with Gasteiger partial charge >= 0.3 is 5.97 Å².